The van der Waals surface area contributed by atoms with Gasteiger partial charge in [0.1, 0.15) is 5.75 Å². The summed E-state index contributed by atoms with van der Waals surface area (Å²) in [6, 6.07) is 5.24. The van der Waals surface area contributed by atoms with Crippen LogP contribution in [0, 0.1) is 6.92 Å². The van der Waals surface area contributed by atoms with Gasteiger partial charge in [-0.05, 0) is 26.0 Å². The molecule has 14 heavy (non-hydrogen) atoms. The maximum Gasteiger partial charge on any atom is 0.159 e. The monoisotopic (exact) mass is 198 g/mol. The molecule has 0 saturated carbocycles. The van der Waals surface area contributed by atoms with Crippen LogP contribution in [0.15, 0.2) is 18.2 Å². The number of benzene rings is 1. The maximum absolute atomic E-state index is 13.8. The van der Waals surface area contributed by atoms with Gasteiger partial charge in [-0.25, -0.2) is 4.39 Å². The Kier molecular flexibility index (Phi) is 3.11. The Balaban J connectivity index is 3.23. The van der Waals surface area contributed by atoms with Crippen molar-refractivity contribution in [2.45, 2.75) is 19.5 Å². The lowest BCUT2D eigenvalue weighted by Gasteiger charge is -2.21. The Morgan fingerprint density at radius 3 is 2.64 bits per heavy atom. The number of hydrogen-bond donors (Lipinski definition) is 1. The van der Waals surface area contributed by atoms with Crippen LogP contribution in [0.5, 0.6) is 5.75 Å². The fraction of sp³-hybridized carbons (Fsp3) is 0.455. The molecule has 1 unspecified atom stereocenters. The number of aryl methyl sites for hydroxylation is 1. The van der Waals surface area contributed by atoms with Crippen LogP contribution < -0.4 is 4.74 Å². The van der Waals surface area contributed by atoms with E-state index in [4.69, 9.17) is 9.84 Å². The average Bonchev–Trinajstić information content (AvgIpc) is 2.18. The highest BCUT2D eigenvalue weighted by molar-refractivity contribution is 5.40. The first-order valence-electron chi connectivity index (χ1n) is 4.46. The van der Waals surface area contributed by atoms with Gasteiger partial charge >= 0.3 is 0 Å². The standard InChI is InChI=1S/C11H15FO2/c1-8-4-5-10(14-3)9(6-8)11(2,12)7-13/h4-6,13H,7H2,1-3H3. The third-order valence-electron chi connectivity index (χ3n) is 2.21. The van der Waals surface area contributed by atoms with Crippen LogP contribution >= 0.6 is 0 Å². The number of alkyl halides is 1. The third kappa shape index (κ3) is 2.04. The molecule has 0 radical (unpaired) electrons. The molecule has 1 rings (SSSR count). The highest BCUT2D eigenvalue weighted by atomic mass is 19.1. The Bertz CT molecular complexity index is 321. The molecular formula is C11H15FO2. The molecule has 0 aliphatic heterocycles. The summed E-state index contributed by atoms with van der Waals surface area (Å²) in [5.74, 6) is 0.467. The van der Waals surface area contributed by atoms with Gasteiger partial charge in [-0.2, -0.15) is 0 Å². The molecule has 0 aromatic heterocycles. The van der Waals surface area contributed by atoms with Gasteiger partial charge in [0.25, 0.3) is 0 Å². The van der Waals surface area contributed by atoms with Crippen molar-refractivity contribution in [3.8, 4) is 5.75 Å². The largest absolute Gasteiger partial charge is 0.496 e. The molecule has 2 nitrogen and oxygen atoms in total. The maximum atomic E-state index is 13.8. The van der Waals surface area contributed by atoms with Crippen molar-refractivity contribution in [3.05, 3.63) is 29.3 Å². The highest BCUT2D eigenvalue weighted by Gasteiger charge is 2.28. The SMILES string of the molecule is COc1ccc(C)cc1C(C)(F)CO. The van der Waals surface area contributed by atoms with E-state index in [9.17, 15) is 4.39 Å². The normalized spacial score (nSPS) is 14.9. The average molecular weight is 198 g/mol. The first-order valence-corrected chi connectivity index (χ1v) is 4.46. The first kappa shape index (κ1) is 11.0. The second-order valence-electron chi connectivity index (χ2n) is 3.56. The van der Waals surface area contributed by atoms with E-state index in [2.05, 4.69) is 0 Å². The molecule has 1 atom stereocenters. The number of hydrogen-bond acceptors (Lipinski definition) is 2. The third-order valence-corrected chi connectivity index (χ3v) is 2.21. The Morgan fingerprint density at radius 1 is 1.50 bits per heavy atom. The molecule has 1 N–H and O–H groups in total. The minimum atomic E-state index is -1.75. The molecule has 0 fully saturated rings. The van der Waals surface area contributed by atoms with Crippen molar-refractivity contribution in [3.63, 3.8) is 0 Å². The number of aliphatic hydroxyl groups excluding tert-OH is 1. The van der Waals surface area contributed by atoms with Crippen LogP contribution in [0.4, 0.5) is 4.39 Å². The fourth-order valence-electron chi connectivity index (χ4n) is 1.31. The second-order valence-corrected chi connectivity index (χ2v) is 3.56. The van der Waals surface area contributed by atoms with E-state index in [0.717, 1.165) is 5.56 Å². The molecule has 78 valence electrons. The van der Waals surface area contributed by atoms with Gasteiger partial charge in [-0.15, -0.1) is 0 Å². The van der Waals surface area contributed by atoms with Crippen LogP contribution in [0.2, 0.25) is 0 Å². The van der Waals surface area contributed by atoms with Gasteiger partial charge in [0, 0.05) is 5.56 Å². The zero-order chi connectivity index (χ0) is 10.8. The first-order chi connectivity index (χ1) is 6.51. The van der Waals surface area contributed by atoms with E-state index in [1.807, 2.05) is 13.0 Å². The minimum Gasteiger partial charge on any atom is -0.496 e. The second kappa shape index (κ2) is 3.96. The lowest BCUT2D eigenvalue weighted by Crippen LogP contribution is -2.21. The molecule has 0 heterocycles. The highest BCUT2D eigenvalue weighted by Crippen LogP contribution is 2.33. The van der Waals surface area contributed by atoms with Crippen molar-refractivity contribution in [1.82, 2.24) is 0 Å². The van der Waals surface area contributed by atoms with Crippen molar-refractivity contribution in [2.24, 2.45) is 0 Å². The summed E-state index contributed by atoms with van der Waals surface area (Å²) in [6.07, 6.45) is 0. The summed E-state index contributed by atoms with van der Waals surface area (Å²) < 4.78 is 18.9. The van der Waals surface area contributed by atoms with Gasteiger partial charge in [0.2, 0.25) is 0 Å². The van der Waals surface area contributed by atoms with Crippen molar-refractivity contribution in [1.29, 1.82) is 0 Å². The van der Waals surface area contributed by atoms with E-state index in [1.54, 1.807) is 12.1 Å². The number of ether oxygens (including phenoxy) is 1. The molecule has 1 aromatic carbocycles. The van der Waals surface area contributed by atoms with E-state index >= 15 is 0 Å². The van der Waals surface area contributed by atoms with Gasteiger partial charge in [0.15, 0.2) is 5.67 Å². The molecule has 0 aliphatic carbocycles. The molecular weight excluding hydrogens is 183 g/mol. The minimum absolute atomic E-state index is 0.391. The van der Waals surface area contributed by atoms with Crippen molar-refractivity contribution < 1.29 is 14.2 Å². The zero-order valence-electron chi connectivity index (χ0n) is 8.67. The van der Waals surface area contributed by atoms with Crippen molar-refractivity contribution in [2.75, 3.05) is 13.7 Å². The Hall–Kier alpha value is -1.09. The van der Waals surface area contributed by atoms with E-state index in [1.165, 1.54) is 14.0 Å². The van der Waals surface area contributed by atoms with Crippen LogP contribution in [0.3, 0.4) is 0 Å². The molecule has 3 heteroatoms. The molecule has 1 aromatic rings. The number of methoxy groups -OCH3 is 1. The van der Waals surface area contributed by atoms with E-state index in [-0.39, 0.29) is 0 Å². The van der Waals surface area contributed by atoms with Gasteiger partial charge in [0.05, 0.1) is 13.7 Å². The molecule has 0 saturated heterocycles. The molecule has 0 spiro atoms. The lowest BCUT2D eigenvalue weighted by atomic mass is 9.96. The topological polar surface area (TPSA) is 29.5 Å². The number of aliphatic hydroxyl groups is 1. The summed E-state index contributed by atoms with van der Waals surface area (Å²) in [7, 11) is 1.49. The fourth-order valence-corrected chi connectivity index (χ4v) is 1.31. The smallest absolute Gasteiger partial charge is 0.159 e. The summed E-state index contributed by atoms with van der Waals surface area (Å²) >= 11 is 0. The van der Waals surface area contributed by atoms with Gasteiger partial charge in [-0.3, -0.25) is 0 Å². The number of rotatable bonds is 3. The van der Waals surface area contributed by atoms with E-state index in [0.29, 0.717) is 11.3 Å². The molecule has 0 aliphatic rings. The Labute approximate surface area is 83.3 Å². The molecule has 0 amide bonds. The molecule has 0 bridgehead atoms. The van der Waals surface area contributed by atoms with Crippen LogP contribution in [0.25, 0.3) is 0 Å². The van der Waals surface area contributed by atoms with Crippen molar-refractivity contribution >= 4 is 0 Å². The van der Waals surface area contributed by atoms with E-state index < -0.39 is 12.3 Å². The lowest BCUT2D eigenvalue weighted by molar-refractivity contribution is 0.0841. The van der Waals surface area contributed by atoms with Gasteiger partial charge < -0.3 is 9.84 Å². The summed E-state index contributed by atoms with van der Waals surface area (Å²) in [5, 5.41) is 8.93. The van der Waals surface area contributed by atoms with Gasteiger partial charge in [-0.1, -0.05) is 11.6 Å². The number of halogens is 1. The van der Waals surface area contributed by atoms with Crippen LogP contribution in [-0.2, 0) is 5.67 Å². The Morgan fingerprint density at radius 2 is 2.14 bits per heavy atom. The summed E-state index contributed by atoms with van der Waals surface area (Å²) in [5.41, 5.74) is -0.419. The van der Waals surface area contributed by atoms with Crippen LogP contribution in [-0.4, -0.2) is 18.8 Å². The predicted molar refractivity (Wildman–Crippen MR) is 53.3 cm³/mol. The summed E-state index contributed by atoms with van der Waals surface area (Å²) in [6.45, 7) is 2.66. The van der Waals surface area contributed by atoms with Crippen LogP contribution in [0.1, 0.15) is 18.1 Å². The summed E-state index contributed by atoms with van der Waals surface area (Å²) in [4.78, 5) is 0. The quantitative estimate of drug-likeness (QED) is 0.806. The zero-order valence-corrected chi connectivity index (χ0v) is 8.67. The predicted octanol–water partition coefficient (Wildman–Crippen LogP) is 2.18.